The van der Waals surface area contributed by atoms with E-state index in [-0.39, 0.29) is 12.3 Å². The lowest BCUT2D eigenvalue weighted by molar-refractivity contribution is -0.0552. The van der Waals surface area contributed by atoms with E-state index in [0.29, 0.717) is 6.61 Å². The molecule has 0 aliphatic carbocycles. The molecule has 0 aliphatic heterocycles. The highest BCUT2D eigenvalue weighted by molar-refractivity contribution is 4.47. The second kappa shape index (κ2) is 4.66. The van der Waals surface area contributed by atoms with Crippen molar-refractivity contribution in [2.75, 3.05) is 20.7 Å². The number of ether oxygens (including phenoxy) is 1. The van der Waals surface area contributed by atoms with Crippen LogP contribution in [0.4, 0.5) is 0 Å². The molecule has 0 radical (unpaired) electrons. The summed E-state index contributed by atoms with van der Waals surface area (Å²) in [5.74, 6) is 0. The quantitative estimate of drug-likeness (QED) is 0.580. The van der Waals surface area contributed by atoms with Gasteiger partial charge in [0.1, 0.15) is 6.23 Å². The minimum absolute atomic E-state index is 0.0783. The molecule has 0 aromatic carbocycles. The highest BCUT2D eigenvalue weighted by Crippen LogP contribution is 1.94. The summed E-state index contributed by atoms with van der Waals surface area (Å²) < 4.78 is 5.24. The Morgan fingerprint density at radius 1 is 1.40 bits per heavy atom. The molecular formula is C7H17NO2. The Morgan fingerprint density at radius 2 is 1.90 bits per heavy atom. The van der Waals surface area contributed by atoms with Crippen LogP contribution < -0.4 is 0 Å². The van der Waals surface area contributed by atoms with Gasteiger partial charge in [0.25, 0.3) is 0 Å². The topological polar surface area (TPSA) is 32.7 Å². The van der Waals surface area contributed by atoms with Crippen molar-refractivity contribution in [2.45, 2.75) is 26.2 Å². The first kappa shape index (κ1) is 9.88. The molecule has 2 atom stereocenters. The third kappa shape index (κ3) is 4.73. The van der Waals surface area contributed by atoms with Crippen molar-refractivity contribution >= 4 is 0 Å². The van der Waals surface area contributed by atoms with Crippen LogP contribution in [0.25, 0.3) is 0 Å². The molecule has 0 amide bonds. The molecule has 1 N–H and O–H groups in total. The largest absolute Gasteiger partial charge is 0.391 e. The Labute approximate surface area is 62.6 Å². The van der Waals surface area contributed by atoms with Crippen LogP contribution in [0.15, 0.2) is 0 Å². The zero-order chi connectivity index (χ0) is 8.15. The second-order valence-corrected chi connectivity index (χ2v) is 2.75. The summed E-state index contributed by atoms with van der Waals surface area (Å²) in [5.41, 5.74) is 0. The third-order valence-electron chi connectivity index (χ3n) is 1.31. The molecule has 3 heteroatoms. The van der Waals surface area contributed by atoms with Gasteiger partial charge >= 0.3 is 0 Å². The fourth-order valence-corrected chi connectivity index (χ4v) is 0.428. The van der Waals surface area contributed by atoms with Crippen LogP contribution in [0.2, 0.25) is 0 Å². The van der Waals surface area contributed by atoms with Gasteiger partial charge in [-0.1, -0.05) is 0 Å². The van der Waals surface area contributed by atoms with Gasteiger partial charge in [-0.2, -0.15) is 0 Å². The number of nitrogens with zero attached hydrogens (tertiary/aromatic N) is 1. The lowest BCUT2D eigenvalue weighted by Gasteiger charge is -2.20. The Hall–Kier alpha value is -0.120. The molecule has 0 saturated heterocycles. The minimum Gasteiger partial charge on any atom is -0.391 e. The normalized spacial score (nSPS) is 17.4. The van der Waals surface area contributed by atoms with Gasteiger partial charge in [-0.3, -0.25) is 4.90 Å². The van der Waals surface area contributed by atoms with Gasteiger partial charge in [0.05, 0.1) is 12.7 Å². The third-order valence-corrected chi connectivity index (χ3v) is 1.31. The predicted octanol–water partition coefficient (Wildman–Crippen LogP) is 0.291. The van der Waals surface area contributed by atoms with Crippen molar-refractivity contribution in [3.05, 3.63) is 0 Å². The fourth-order valence-electron chi connectivity index (χ4n) is 0.428. The highest BCUT2D eigenvalue weighted by Gasteiger charge is 2.04. The van der Waals surface area contributed by atoms with E-state index in [1.165, 1.54) is 0 Å². The van der Waals surface area contributed by atoms with E-state index in [0.717, 1.165) is 0 Å². The number of hydrogen-bond donors (Lipinski definition) is 1. The molecule has 0 bridgehead atoms. The van der Waals surface area contributed by atoms with Crippen molar-refractivity contribution in [3.8, 4) is 0 Å². The molecule has 0 spiro atoms. The molecule has 0 saturated carbocycles. The molecule has 0 aliphatic rings. The smallest absolute Gasteiger partial charge is 0.107 e. The maximum atomic E-state index is 8.84. The van der Waals surface area contributed by atoms with E-state index >= 15 is 0 Å². The maximum Gasteiger partial charge on any atom is 0.107 e. The van der Waals surface area contributed by atoms with Crippen LogP contribution >= 0.6 is 0 Å². The molecule has 3 nitrogen and oxygen atoms in total. The van der Waals surface area contributed by atoms with Gasteiger partial charge in [-0.05, 0) is 27.9 Å². The van der Waals surface area contributed by atoms with E-state index < -0.39 is 0 Å². The first-order valence-electron chi connectivity index (χ1n) is 3.50. The summed E-state index contributed by atoms with van der Waals surface area (Å²) in [6.07, 6.45) is -0.294. The van der Waals surface area contributed by atoms with Crippen LogP contribution in [0.3, 0.4) is 0 Å². The van der Waals surface area contributed by atoms with Crippen molar-refractivity contribution < 1.29 is 9.84 Å². The zero-order valence-corrected chi connectivity index (χ0v) is 7.16. The van der Waals surface area contributed by atoms with Crippen molar-refractivity contribution in [3.63, 3.8) is 0 Å². The van der Waals surface area contributed by atoms with E-state index in [4.69, 9.17) is 9.84 Å². The SMILES string of the molecule is CC(O)COC(C)N(C)C. The average Bonchev–Trinajstić information content (AvgIpc) is 1.82. The van der Waals surface area contributed by atoms with Crippen LogP contribution in [0.5, 0.6) is 0 Å². The zero-order valence-electron chi connectivity index (χ0n) is 7.16. The highest BCUT2D eigenvalue weighted by atomic mass is 16.5. The van der Waals surface area contributed by atoms with Gasteiger partial charge in [0.2, 0.25) is 0 Å². The van der Waals surface area contributed by atoms with Gasteiger partial charge in [-0.15, -0.1) is 0 Å². The van der Waals surface area contributed by atoms with Gasteiger partial charge in [-0.25, -0.2) is 0 Å². The van der Waals surface area contributed by atoms with Crippen molar-refractivity contribution in [2.24, 2.45) is 0 Å². The van der Waals surface area contributed by atoms with Crippen molar-refractivity contribution in [1.29, 1.82) is 0 Å². The number of rotatable bonds is 4. The summed E-state index contributed by atoms with van der Waals surface area (Å²) in [7, 11) is 3.87. The van der Waals surface area contributed by atoms with E-state index in [2.05, 4.69) is 0 Å². The molecule has 0 fully saturated rings. The summed E-state index contributed by atoms with van der Waals surface area (Å²) >= 11 is 0. The Balaban J connectivity index is 3.30. The molecular weight excluding hydrogens is 130 g/mol. The summed E-state index contributed by atoms with van der Waals surface area (Å²) in [5, 5.41) is 8.84. The molecule has 0 heterocycles. The van der Waals surface area contributed by atoms with Gasteiger partial charge < -0.3 is 9.84 Å². The molecule has 0 aromatic heterocycles. The van der Waals surface area contributed by atoms with E-state index in [1.54, 1.807) is 6.92 Å². The molecule has 0 rings (SSSR count). The van der Waals surface area contributed by atoms with Crippen LogP contribution in [0, 0.1) is 0 Å². The van der Waals surface area contributed by atoms with E-state index in [9.17, 15) is 0 Å². The lowest BCUT2D eigenvalue weighted by Crippen LogP contribution is -2.29. The van der Waals surface area contributed by atoms with Crippen LogP contribution in [0.1, 0.15) is 13.8 Å². The lowest BCUT2D eigenvalue weighted by atomic mass is 10.4. The molecule has 62 valence electrons. The predicted molar refractivity (Wildman–Crippen MR) is 40.8 cm³/mol. The average molecular weight is 147 g/mol. The summed E-state index contributed by atoms with van der Waals surface area (Å²) in [4.78, 5) is 1.95. The standard InChI is InChI=1S/C7H17NO2/c1-6(9)5-10-7(2)8(3)4/h6-7,9H,5H2,1-4H3. The number of hydrogen-bond acceptors (Lipinski definition) is 3. The van der Waals surface area contributed by atoms with E-state index in [1.807, 2.05) is 25.9 Å². The van der Waals surface area contributed by atoms with Gasteiger partial charge in [0.15, 0.2) is 0 Å². The Bertz CT molecular complexity index is 83.7. The number of aliphatic hydroxyl groups excluding tert-OH is 1. The van der Waals surface area contributed by atoms with Crippen molar-refractivity contribution in [1.82, 2.24) is 4.90 Å². The monoisotopic (exact) mass is 147 g/mol. The first-order valence-corrected chi connectivity index (χ1v) is 3.50. The van der Waals surface area contributed by atoms with Gasteiger partial charge in [0, 0.05) is 0 Å². The molecule has 0 aromatic rings. The summed E-state index contributed by atoms with van der Waals surface area (Å²) in [6, 6.07) is 0. The molecule has 10 heavy (non-hydrogen) atoms. The maximum absolute atomic E-state index is 8.84. The molecule has 2 unspecified atom stereocenters. The van der Waals surface area contributed by atoms with Crippen LogP contribution in [-0.2, 0) is 4.74 Å². The second-order valence-electron chi connectivity index (χ2n) is 2.75. The minimum atomic E-state index is -0.373. The first-order chi connectivity index (χ1) is 4.54. The Morgan fingerprint density at radius 3 is 2.20 bits per heavy atom. The van der Waals surface area contributed by atoms with Crippen LogP contribution in [-0.4, -0.2) is 43.0 Å². The summed E-state index contributed by atoms with van der Waals surface area (Å²) in [6.45, 7) is 4.06. The number of aliphatic hydroxyl groups is 1. The Kier molecular flexibility index (Phi) is 4.60. The fraction of sp³-hybridized carbons (Fsp3) is 1.00.